The van der Waals surface area contributed by atoms with Crippen molar-refractivity contribution in [3.05, 3.63) is 35.9 Å². The molecule has 1 aromatic carbocycles. The number of aliphatic carboxylic acids is 1. The van der Waals surface area contributed by atoms with E-state index in [9.17, 15) is 19.5 Å². The monoisotopic (exact) mass is 333 g/mol. The lowest BCUT2D eigenvalue weighted by Gasteiger charge is -2.31. The Bertz CT molecular complexity index is 649. The molecule has 0 aromatic heterocycles. The van der Waals surface area contributed by atoms with Gasteiger partial charge in [0.2, 0.25) is 5.91 Å². The summed E-state index contributed by atoms with van der Waals surface area (Å²) >= 11 is 0. The number of rotatable bonds is 3. The van der Waals surface area contributed by atoms with Gasteiger partial charge in [0.15, 0.2) is 0 Å². The fourth-order valence-electron chi connectivity index (χ4n) is 2.92. The molecule has 2 unspecified atom stereocenters. The van der Waals surface area contributed by atoms with Crippen molar-refractivity contribution in [1.82, 2.24) is 4.90 Å². The zero-order valence-electron chi connectivity index (χ0n) is 14.4. The maximum Gasteiger partial charge on any atom is 0.418 e. The summed E-state index contributed by atoms with van der Waals surface area (Å²) in [5.41, 5.74) is -1.48. The van der Waals surface area contributed by atoms with Crippen LogP contribution in [0.2, 0.25) is 0 Å². The summed E-state index contributed by atoms with van der Waals surface area (Å²) in [5, 5.41) is 9.59. The molecule has 2 rings (SSSR count). The molecule has 2 amide bonds. The number of likely N-dealkylation sites (tertiary alicyclic amines) is 1. The summed E-state index contributed by atoms with van der Waals surface area (Å²) in [6.45, 7) is 6.41. The van der Waals surface area contributed by atoms with Gasteiger partial charge < -0.3 is 9.84 Å². The number of benzene rings is 1. The highest BCUT2D eigenvalue weighted by molar-refractivity contribution is 6.02. The number of carbonyl (C=O) groups excluding carboxylic acids is 2. The molecule has 130 valence electrons. The van der Waals surface area contributed by atoms with E-state index in [1.165, 1.54) is 6.92 Å². The highest BCUT2D eigenvalue weighted by Gasteiger charge is 2.56. The normalized spacial score (nSPS) is 24.1. The third-order valence-electron chi connectivity index (χ3n) is 4.07. The number of carboxylic acids is 1. The van der Waals surface area contributed by atoms with E-state index in [1.807, 2.05) is 30.3 Å². The maximum atomic E-state index is 12.7. The van der Waals surface area contributed by atoms with Gasteiger partial charge in [0.05, 0.1) is 0 Å². The van der Waals surface area contributed by atoms with Crippen molar-refractivity contribution < 1.29 is 24.2 Å². The molecule has 24 heavy (non-hydrogen) atoms. The van der Waals surface area contributed by atoms with Crippen LogP contribution in [0.5, 0.6) is 0 Å². The average Bonchev–Trinajstić information content (AvgIpc) is 2.70. The van der Waals surface area contributed by atoms with Gasteiger partial charge in [-0.25, -0.2) is 14.5 Å². The topological polar surface area (TPSA) is 83.9 Å². The molecule has 0 aliphatic carbocycles. The fraction of sp³-hybridized carbons (Fsp3) is 0.500. The number of nitrogens with zero attached hydrogens (tertiary/aromatic N) is 1. The van der Waals surface area contributed by atoms with Crippen molar-refractivity contribution in [2.24, 2.45) is 5.92 Å². The zero-order chi connectivity index (χ0) is 18.1. The van der Waals surface area contributed by atoms with Gasteiger partial charge in [0.25, 0.3) is 0 Å². The van der Waals surface area contributed by atoms with E-state index in [2.05, 4.69) is 0 Å². The van der Waals surface area contributed by atoms with Gasteiger partial charge in [-0.2, -0.15) is 0 Å². The Hall–Kier alpha value is -2.37. The number of hydrogen-bond donors (Lipinski definition) is 1. The minimum atomic E-state index is -1.60. The van der Waals surface area contributed by atoms with Crippen LogP contribution in [-0.4, -0.2) is 39.1 Å². The fourth-order valence-corrected chi connectivity index (χ4v) is 2.92. The predicted molar refractivity (Wildman–Crippen MR) is 87.4 cm³/mol. The first-order valence-corrected chi connectivity index (χ1v) is 7.89. The highest BCUT2D eigenvalue weighted by Crippen LogP contribution is 2.37. The van der Waals surface area contributed by atoms with Crippen LogP contribution in [0.25, 0.3) is 0 Å². The predicted octanol–water partition coefficient (Wildman–Crippen LogP) is 2.86. The summed E-state index contributed by atoms with van der Waals surface area (Å²) in [6.07, 6.45) is -0.454. The molecule has 2 atom stereocenters. The molecule has 0 saturated carbocycles. The van der Waals surface area contributed by atoms with E-state index in [1.54, 1.807) is 20.8 Å². The smallest absolute Gasteiger partial charge is 0.418 e. The van der Waals surface area contributed by atoms with E-state index in [0.29, 0.717) is 6.42 Å². The molecule has 1 N–H and O–H groups in total. The second kappa shape index (κ2) is 6.26. The van der Waals surface area contributed by atoms with Gasteiger partial charge >= 0.3 is 12.1 Å². The third-order valence-corrected chi connectivity index (χ3v) is 4.07. The van der Waals surface area contributed by atoms with Crippen LogP contribution in [-0.2, 0) is 20.7 Å². The summed E-state index contributed by atoms with van der Waals surface area (Å²) in [6, 6.07) is 9.34. The number of ether oxygens (including phenoxy) is 1. The first-order chi connectivity index (χ1) is 11.0. The minimum Gasteiger partial charge on any atom is -0.479 e. The van der Waals surface area contributed by atoms with Gasteiger partial charge in [-0.05, 0) is 46.1 Å². The van der Waals surface area contributed by atoms with E-state index < -0.39 is 35.0 Å². The molecule has 1 aliphatic heterocycles. The molecular formula is C18H23NO5. The number of hydrogen-bond acceptors (Lipinski definition) is 4. The van der Waals surface area contributed by atoms with Crippen molar-refractivity contribution in [3.8, 4) is 0 Å². The van der Waals surface area contributed by atoms with Gasteiger partial charge in [-0.1, -0.05) is 30.3 Å². The lowest BCUT2D eigenvalue weighted by Crippen LogP contribution is -2.53. The number of carboxylic acid groups (broad SMARTS) is 1. The Morgan fingerprint density at radius 1 is 1.29 bits per heavy atom. The van der Waals surface area contributed by atoms with Gasteiger partial charge in [0.1, 0.15) is 11.1 Å². The Morgan fingerprint density at radius 3 is 2.38 bits per heavy atom. The Morgan fingerprint density at radius 2 is 1.88 bits per heavy atom. The second-order valence-corrected chi connectivity index (χ2v) is 7.32. The van der Waals surface area contributed by atoms with Crippen LogP contribution in [0.4, 0.5) is 4.79 Å². The molecule has 0 spiro atoms. The van der Waals surface area contributed by atoms with E-state index in [0.717, 1.165) is 10.5 Å². The van der Waals surface area contributed by atoms with Crippen molar-refractivity contribution in [3.63, 3.8) is 0 Å². The molecule has 1 aliphatic rings. The van der Waals surface area contributed by atoms with E-state index >= 15 is 0 Å². The van der Waals surface area contributed by atoms with Crippen molar-refractivity contribution in [2.75, 3.05) is 0 Å². The molecule has 1 fully saturated rings. The average molecular weight is 333 g/mol. The summed E-state index contributed by atoms with van der Waals surface area (Å²) in [7, 11) is 0. The summed E-state index contributed by atoms with van der Waals surface area (Å²) in [4.78, 5) is 37.6. The molecule has 0 bridgehead atoms. The van der Waals surface area contributed by atoms with E-state index in [-0.39, 0.29) is 6.42 Å². The molecule has 6 heteroatoms. The zero-order valence-corrected chi connectivity index (χ0v) is 14.4. The molecule has 1 saturated heterocycles. The SMILES string of the molecule is CC(C)(C)OC(=O)N1C(=O)C(Cc2ccccc2)CC1(C)C(=O)O. The minimum absolute atomic E-state index is 0.0648. The second-order valence-electron chi connectivity index (χ2n) is 7.32. The largest absolute Gasteiger partial charge is 0.479 e. The molecule has 0 radical (unpaired) electrons. The van der Waals surface area contributed by atoms with Crippen molar-refractivity contribution in [1.29, 1.82) is 0 Å². The summed E-state index contributed by atoms with van der Waals surface area (Å²) < 4.78 is 5.24. The maximum absolute atomic E-state index is 12.7. The number of imide groups is 1. The highest BCUT2D eigenvalue weighted by atomic mass is 16.6. The lowest BCUT2D eigenvalue weighted by molar-refractivity contribution is -0.152. The third kappa shape index (κ3) is 3.58. The lowest BCUT2D eigenvalue weighted by atomic mass is 9.90. The van der Waals surface area contributed by atoms with Gasteiger partial charge in [-0.3, -0.25) is 4.79 Å². The van der Waals surface area contributed by atoms with Crippen molar-refractivity contribution in [2.45, 2.75) is 51.7 Å². The molecule has 1 aromatic rings. The van der Waals surface area contributed by atoms with Gasteiger partial charge in [-0.15, -0.1) is 0 Å². The molecule has 6 nitrogen and oxygen atoms in total. The van der Waals surface area contributed by atoms with Gasteiger partial charge in [0, 0.05) is 5.92 Å². The quantitative estimate of drug-likeness (QED) is 0.919. The van der Waals surface area contributed by atoms with Crippen LogP contribution in [0.3, 0.4) is 0 Å². The first-order valence-electron chi connectivity index (χ1n) is 7.89. The molecular weight excluding hydrogens is 310 g/mol. The van der Waals surface area contributed by atoms with Crippen LogP contribution < -0.4 is 0 Å². The van der Waals surface area contributed by atoms with Crippen LogP contribution in [0, 0.1) is 5.92 Å². The van der Waals surface area contributed by atoms with Crippen molar-refractivity contribution >= 4 is 18.0 Å². The Kier molecular flexibility index (Phi) is 4.69. The van der Waals surface area contributed by atoms with Crippen LogP contribution in [0.15, 0.2) is 30.3 Å². The number of carbonyl (C=O) groups is 3. The standard InChI is InChI=1S/C18H23NO5/c1-17(2,3)24-16(23)19-14(20)13(11-18(19,4)15(21)22)10-12-8-6-5-7-9-12/h5-9,13H,10-11H2,1-4H3,(H,21,22). The Balaban J connectivity index is 2.29. The van der Waals surface area contributed by atoms with Crippen LogP contribution >= 0.6 is 0 Å². The number of amides is 2. The summed E-state index contributed by atoms with van der Waals surface area (Å²) in [5.74, 6) is -2.28. The first kappa shape index (κ1) is 18.0. The Labute approximate surface area is 141 Å². The van der Waals surface area contributed by atoms with Crippen LogP contribution in [0.1, 0.15) is 39.7 Å². The molecule has 1 heterocycles. The van der Waals surface area contributed by atoms with E-state index in [4.69, 9.17) is 4.74 Å².